The summed E-state index contributed by atoms with van der Waals surface area (Å²) < 4.78 is 0. The first-order chi connectivity index (χ1) is 26.7. The van der Waals surface area contributed by atoms with Crippen molar-refractivity contribution in [1.82, 2.24) is 15.3 Å². The summed E-state index contributed by atoms with van der Waals surface area (Å²) in [5, 5.41) is 68.8. The van der Waals surface area contributed by atoms with Crippen LogP contribution in [-0.2, 0) is 9.59 Å². The predicted molar refractivity (Wildman–Crippen MR) is 210 cm³/mol. The van der Waals surface area contributed by atoms with Crippen LogP contribution in [0.25, 0.3) is 0 Å². The van der Waals surface area contributed by atoms with Crippen molar-refractivity contribution in [2.24, 2.45) is 0 Å². The maximum atomic E-state index is 13.3. The van der Waals surface area contributed by atoms with Crippen molar-refractivity contribution in [2.75, 3.05) is 23.8 Å². The van der Waals surface area contributed by atoms with Crippen LogP contribution in [0.15, 0.2) is 103 Å². The van der Waals surface area contributed by atoms with Gasteiger partial charge in [0.15, 0.2) is 6.10 Å². The highest BCUT2D eigenvalue weighted by molar-refractivity contribution is 5.91. The first-order valence-electron chi connectivity index (χ1n) is 19.0. The SMILES string of the molecule is O=C(CCCCCCCCCCNC(=O)[C@H](O)[C@@H](O)[C@H](O)[C@H](O)CO)Nc1ccccc1[C@@H](Nc1ccccn1)C(c1ccccn1)[C@H](O)c1ccccc1. The molecule has 0 bridgehead atoms. The number of rotatable bonds is 24. The van der Waals surface area contributed by atoms with Crippen molar-refractivity contribution in [3.8, 4) is 0 Å². The van der Waals surface area contributed by atoms with E-state index in [1.807, 2.05) is 91.0 Å². The second kappa shape index (κ2) is 23.2. The smallest absolute Gasteiger partial charge is 0.251 e. The topological polar surface area (TPSA) is 217 Å². The summed E-state index contributed by atoms with van der Waals surface area (Å²) in [6.45, 7) is -0.529. The first kappa shape index (κ1) is 43.0. The Morgan fingerprint density at radius 1 is 0.655 bits per heavy atom. The van der Waals surface area contributed by atoms with Crippen molar-refractivity contribution in [3.05, 3.63) is 120 Å². The van der Waals surface area contributed by atoms with E-state index in [1.54, 1.807) is 12.4 Å². The van der Waals surface area contributed by atoms with E-state index in [4.69, 9.17) is 5.11 Å². The summed E-state index contributed by atoms with van der Waals surface area (Å²) in [6.07, 6.45) is 2.55. The third-order valence-corrected chi connectivity index (χ3v) is 9.56. The molecule has 0 aliphatic heterocycles. The summed E-state index contributed by atoms with van der Waals surface area (Å²) in [6, 6.07) is 27.8. The minimum Gasteiger partial charge on any atom is -0.394 e. The van der Waals surface area contributed by atoms with Gasteiger partial charge in [-0.1, -0.05) is 99.2 Å². The van der Waals surface area contributed by atoms with E-state index in [2.05, 4.69) is 25.9 Å². The summed E-state index contributed by atoms with van der Waals surface area (Å²) in [5.74, 6) is -0.892. The van der Waals surface area contributed by atoms with Crippen LogP contribution in [-0.4, -0.2) is 90.0 Å². The monoisotopic (exact) mass is 757 g/mol. The number of aromatic nitrogens is 2. The molecule has 4 rings (SSSR count). The standard InChI is InChI=1S/C42H55N5O8/c48-28-33(49)39(52)40(53)41(54)42(55)45-27-15-6-4-2-1-3-5-10-24-35(50)46-31-21-12-11-20-30(31)37(47-34-23-14-17-26-44-34)36(32-22-13-16-25-43-32)38(51)29-18-8-7-9-19-29/h7-9,11-14,16-23,25-26,33,36-41,48-49,51-54H,1-6,10,15,24,27-28H2,(H,44,47)(H,45,55)(H,46,50)/t33-,36?,37-,38-,39-,40+,41-/m1/s1. The molecule has 0 saturated carbocycles. The van der Waals surface area contributed by atoms with Crippen molar-refractivity contribution in [2.45, 2.75) is 100 Å². The van der Waals surface area contributed by atoms with E-state index in [1.165, 1.54) is 0 Å². The third-order valence-electron chi connectivity index (χ3n) is 9.56. The second-order valence-corrected chi connectivity index (χ2v) is 13.7. The average Bonchev–Trinajstić information content (AvgIpc) is 3.22. The molecule has 4 aromatic rings. The number of benzene rings is 2. The minimum absolute atomic E-state index is 0.0965. The molecule has 0 aliphatic carbocycles. The molecule has 7 atom stereocenters. The van der Waals surface area contributed by atoms with Gasteiger partial charge in [-0.3, -0.25) is 14.6 Å². The lowest BCUT2D eigenvalue weighted by Gasteiger charge is -2.33. The Hall–Kier alpha value is -4.76. The molecule has 0 aliphatic rings. The molecule has 2 aromatic carbocycles. The number of aliphatic hydroxyl groups is 6. The van der Waals surface area contributed by atoms with Crippen LogP contribution in [0.1, 0.15) is 92.7 Å². The molecule has 0 fully saturated rings. The number of amides is 2. The normalized spacial score (nSPS) is 15.2. The summed E-state index contributed by atoms with van der Waals surface area (Å²) >= 11 is 0. The van der Waals surface area contributed by atoms with E-state index < -0.39 is 55.0 Å². The lowest BCUT2D eigenvalue weighted by Crippen LogP contribution is -2.51. The molecule has 9 N–H and O–H groups in total. The number of anilines is 2. The third kappa shape index (κ3) is 13.5. The fourth-order valence-electron chi connectivity index (χ4n) is 6.47. The van der Waals surface area contributed by atoms with Gasteiger partial charge in [-0.2, -0.15) is 0 Å². The minimum atomic E-state index is -1.93. The number of hydrogen-bond donors (Lipinski definition) is 9. The zero-order valence-corrected chi connectivity index (χ0v) is 31.0. The summed E-state index contributed by atoms with van der Waals surface area (Å²) in [7, 11) is 0. The number of para-hydroxylation sites is 1. The maximum absolute atomic E-state index is 13.3. The van der Waals surface area contributed by atoms with Gasteiger partial charge in [0.2, 0.25) is 5.91 Å². The van der Waals surface area contributed by atoms with Gasteiger partial charge in [0.1, 0.15) is 24.1 Å². The largest absolute Gasteiger partial charge is 0.394 e. The van der Waals surface area contributed by atoms with Crippen LogP contribution in [0.4, 0.5) is 11.5 Å². The van der Waals surface area contributed by atoms with Gasteiger partial charge in [-0.05, 0) is 54.3 Å². The van der Waals surface area contributed by atoms with Crippen molar-refractivity contribution < 1.29 is 40.2 Å². The molecule has 2 aromatic heterocycles. The first-order valence-corrected chi connectivity index (χ1v) is 19.0. The molecule has 13 heteroatoms. The van der Waals surface area contributed by atoms with E-state index in [-0.39, 0.29) is 12.5 Å². The van der Waals surface area contributed by atoms with Gasteiger partial charge in [0.25, 0.3) is 5.91 Å². The Morgan fingerprint density at radius 2 is 1.27 bits per heavy atom. The predicted octanol–water partition coefficient (Wildman–Crippen LogP) is 4.15. The average molecular weight is 758 g/mol. The van der Waals surface area contributed by atoms with E-state index in [0.29, 0.717) is 30.0 Å². The molecular formula is C42H55N5O8. The Balaban J connectivity index is 1.26. The summed E-state index contributed by atoms with van der Waals surface area (Å²) in [5.41, 5.74) is 2.86. The van der Waals surface area contributed by atoms with Crippen LogP contribution in [0.2, 0.25) is 0 Å². The highest BCUT2D eigenvalue weighted by Crippen LogP contribution is 2.43. The van der Waals surface area contributed by atoms with Gasteiger partial charge in [-0.15, -0.1) is 0 Å². The molecule has 1 unspecified atom stereocenters. The van der Waals surface area contributed by atoms with Crippen LogP contribution >= 0.6 is 0 Å². The molecule has 2 amide bonds. The molecule has 0 spiro atoms. The van der Waals surface area contributed by atoms with Gasteiger partial charge >= 0.3 is 0 Å². The highest BCUT2D eigenvalue weighted by Gasteiger charge is 2.36. The van der Waals surface area contributed by atoms with Crippen molar-refractivity contribution in [1.29, 1.82) is 0 Å². The lowest BCUT2D eigenvalue weighted by atomic mass is 9.82. The molecule has 296 valence electrons. The molecule has 0 radical (unpaired) electrons. The lowest BCUT2D eigenvalue weighted by molar-refractivity contribution is -0.148. The maximum Gasteiger partial charge on any atom is 0.251 e. The Morgan fingerprint density at radius 3 is 1.93 bits per heavy atom. The molecule has 2 heterocycles. The fraction of sp³-hybridized carbons (Fsp3) is 0.429. The zero-order chi connectivity index (χ0) is 39.4. The van der Waals surface area contributed by atoms with Crippen LogP contribution in [0, 0.1) is 0 Å². The van der Waals surface area contributed by atoms with Crippen LogP contribution < -0.4 is 16.0 Å². The molecular weight excluding hydrogens is 702 g/mol. The number of pyridine rings is 2. The van der Waals surface area contributed by atoms with Crippen molar-refractivity contribution >= 4 is 23.3 Å². The quantitative estimate of drug-likeness (QED) is 0.0463. The van der Waals surface area contributed by atoms with Crippen LogP contribution in [0.3, 0.4) is 0 Å². The van der Waals surface area contributed by atoms with E-state index in [0.717, 1.165) is 56.1 Å². The number of nitrogens with zero attached hydrogens (tertiary/aromatic N) is 2. The highest BCUT2D eigenvalue weighted by atomic mass is 16.4. The second-order valence-electron chi connectivity index (χ2n) is 13.7. The Bertz CT molecular complexity index is 1690. The molecule has 55 heavy (non-hydrogen) atoms. The Kier molecular flexibility index (Phi) is 18.1. The number of carbonyl (C=O) groups excluding carboxylic acids is 2. The number of nitrogens with one attached hydrogen (secondary N) is 3. The fourth-order valence-corrected chi connectivity index (χ4v) is 6.47. The molecule has 13 nitrogen and oxygen atoms in total. The zero-order valence-electron chi connectivity index (χ0n) is 31.0. The van der Waals surface area contributed by atoms with Gasteiger partial charge < -0.3 is 46.6 Å². The van der Waals surface area contributed by atoms with Gasteiger partial charge in [-0.25, -0.2) is 4.98 Å². The van der Waals surface area contributed by atoms with E-state index >= 15 is 0 Å². The van der Waals surface area contributed by atoms with Gasteiger partial charge in [0.05, 0.1) is 24.7 Å². The number of unbranched alkanes of at least 4 members (excludes halogenated alkanes) is 7. The number of carbonyl (C=O) groups is 2. The number of aliphatic hydroxyl groups excluding tert-OH is 6. The molecule has 0 saturated heterocycles. The van der Waals surface area contributed by atoms with Gasteiger partial charge in [0, 0.05) is 36.7 Å². The summed E-state index contributed by atoms with van der Waals surface area (Å²) in [4.78, 5) is 34.5. The van der Waals surface area contributed by atoms with E-state index in [9.17, 15) is 35.1 Å². The van der Waals surface area contributed by atoms with Crippen molar-refractivity contribution in [3.63, 3.8) is 0 Å². The van der Waals surface area contributed by atoms with Crippen LogP contribution in [0.5, 0.6) is 0 Å². The number of hydrogen-bond acceptors (Lipinski definition) is 11. The Labute approximate surface area is 322 Å².